The minimum absolute atomic E-state index is 0.178. The van der Waals surface area contributed by atoms with Gasteiger partial charge in [0.2, 0.25) is 5.91 Å². The molecule has 2 aromatic rings. The van der Waals surface area contributed by atoms with Gasteiger partial charge in [-0.3, -0.25) is 9.59 Å². The maximum Gasteiger partial charge on any atom is 0.304 e. The second-order valence-electron chi connectivity index (χ2n) is 8.86. The smallest absolute Gasteiger partial charge is 0.304 e. The Bertz CT molecular complexity index is 809. The highest BCUT2D eigenvalue weighted by molar-refractivity contribution is 5.83. The van der Waals surface area contributed by atoms with E-state index >= 15 is 0 Å². The minimum Gasteiger partial charge on any atom is -0.481 e. The first-order valence-corrected chi connectivity index (χ1v) is 10.5. The summed E-state index contributed by atoms with van der Waals surface area (Å²) in [7, 11) is 0. The molecule has 0 saturated heterocycles. The standard InChI is InChI=1S/C25H33NO4/c1-25(2,3)22(17-27)26-24(30)21(16-23(28)29)11-7-8-18-12-14-20(15-13-18)19-9-5-4-6-10-19/h4-6,9-10,12-15,21-22,27H,7-8,11,16-17H2,1-3H3,(H,26,30)(H,28,29)/t21?,22-/m0/s1. The molecule has 0 aromatic heterocycles. The van der Waals surface area contributed by atoms with Crippen LogP contribution in [-0.2, 0) is 16.0 Å². The number of hydrogen-bond acceptors (Lipinski definition) is 3. The van der Waals surface area contributed by atoms with Crippen molar-refractivity contribution in [2.75, 3.05) is 6.61 Å². The molecule has 5 nitrogen and oxygen atoms in total. The number of carboxylic acids is 1. The van der Waals surface area contributed by atoms with E-state index in [1.807, 2.05) is 39.0 Å². The molecule has 2 atom stereocenters. The van der Waals surface area contributed by atoms with Gasteiger partial charge in [-0.1, -0.05) is 75.4 Å². The van der Waals surface area contributed by atoms with E-state index in [1.165, 1.54) is 5.56 Å². The number of carbonyl (C=O) groups is 2. The number of benzene rings is 2. The van der Waals surface area contributed by atoms with Crippen molar-refractivity contribution in [3.63, 3.8) is 0 Å². The number of aryl methyl sites for hydroxylation is 1. The molecular formula is C25H33NO4. The van der Waals surface area contributed by atoms with E-state index in [-0.39, 0.29) is 24.3 Å². The van der Waals surface area contributed by atoms with Crippen LogP contribution in [0, 0.1) is 11.3 Å². The van der Waals surface area contributed by atoms with Crippen molar-refractivity contribution < 1.29 is 19.8 Å². The zero-order valence-corrected chi connectivity index (χ0v) is 18.1. The minimum atomic E-state index is -0.987. The van der Waals surface area contributed by atoms with Crippen molar-refractivity contribution in [1.82, 2.24) is 5.32 Å². The Hall–Kier alpha value is -2.66. The Morgan fingerprint density at radius 3 is 2.10 bits per heavy atom. The van der Waals surface area contributed by atoms with Gasteiger partial charge in [-0.15, -0.1) is 0 Å². The summed E-state index contributed by atoms with van der Waals surface area (Å²) in [5.74, 6) is -1.90. The van der Waals surface area contributed by atoms with Crippen LogP contribution in [0.1, 0.15) is 45.6 Å². The van der Waals surface area contributed by atoms with Gasteiger partial charge in [-0.05, 0) is 41.4 Å². The lowest BCUT2D eigenvalue weighted by Crippen LogP contribution is -2.48. The number of aliphatic carboxylic acids is 1. The lowest BCUT2D eigenvalue weighted by molar-refractivity contribution is -0.141. The topological polar surface area (TPSA) is 86.6 Å². The second-order valence-corrected chi connectivity index (χ2v) is 8.86. The Kier molecular flexibility index (Phi) is 8.60. The fourth-order valence-electron chi connectivity index (χ4n) is 3.41. The predicted molar refractivity (Wildman–Crippen MR) is 119 cm³/mol. The highest BCUT2D eigenvalue weighted by atomic mass is 16.4. The molecule has 0 bridgehead atoms. The Balaban J connectivity index is 1.94. The number of aliphatic hydroxyl groups excluding tert-OH is 1. The zero-order valence-electron chi connectivity index (χ0n) is 18.1. The number of aliphatic hydroxyl groups is 1. The van der Waals surface area contributed by atoms with Crippen molar-refractivity contribution in [3.8, 4) is 11.1 Å². The summed E-state index contributed by atoms with van der Waals surface area (Å²) in [4.78, 5) is 23.9. The molecule has 0 aliphatic carbocycles. The van der Waals surface area contributed by atoms with E-state index in [0.29, 0.717) is 6.42 Å². The Morgan fingerprint density at radius 1 is 0.967 bits per heavy atom. The van der Waals surface area contributed by atoms with E-state index in [2.05, 4.69) is 41.7 Å². The van der Waals surface area contributed by atoms with Gasteiger partial charge in [-0.25, -0.2) is 0 Å². The molecule has 1 amide bonds. The summed E-state index contributed by atoms with van der Waals surface area (Å²) in [5, 5.41) is 21.6. The van der Waals surface area contributed by atoms with Crippen LogP contribution >= 0.6 is 0 Å². The third-order valence-electron chi connectivity index (χ3n) is 5.42. The summed E-state index contributed by atoms with van der Waals surface area (Å²) >= 11 is 0. The molecule has 0 spiro atoms. The van der Waals surface area contributed by atoms with Gasteiger partial charge in [0.15, 0.2) is 0 Å². The van der Waals surface area contributed by atoms with Crippen LogP contribution in [0.2, 0.25) is 0 Å². The molecule has 0 aliphatic heterocycles. The van der Waals surface area contributed by atoms with Crippen LogP contribution < -0.4 is 5.32 Å². The molecule has 0 fully saturated rings. The number of nitrogens with one attached hydrogen (secondary N) is 1. The monoisotopic (exact) mass is 411 g/mol. The average molecular weight is 412 g/mol. The van der Waals surface area contributed by atoms with Gasteiger partial charge >= 0.3 is 5.97 Å². The number of rotatable bonds is 10. The maximum atomic E-state index is 12.7. The Labute approximate surface area is 179 Å². The highest BCUT2D eigenvalue weighted by Crippen LogP contribution is 2.22. The maximum absolute atomic E-state index is 12.7. The molecule has 0 radical (unpaired) electrons. The average Bonchev–Trinajstić information content (AvgIpc) is 2.71. The van der Waals surface area contributed by atoms with E-state index in [4.69, 9.17) is 0 Å². The molecule has 5 heteroatoms. The van der Waals surface area contributed by atoms with Crippen LogP contribution in [0.3, 0.4) is 0 Å². The number of hydrogen-bond donors (Lipinski definition) is 3. The van der Waals surface area contributed by atoms with E-state index in [9.17, 15) is 19.8 Å². The zero-order chi connectivity index (χ0) is 22.1. The van der Waals surface area contributed by atoms with Crippen LogP contribution in [0.25, 0.3) is 11.1 Å². The summed E-state index contributed by atoms with van der Waals surface area (Å²) in [6.07, 6.45) is 1.78. The van der Waals surface area contributed by atoms with Crippen molar-refractivity contribution >= 4 is 11.9 Å². The van der Waals surface area contributed by atoms with Crippen LogP contribution in [0.4, 0.5) is 0 Å². The molecule has 0 aliphatic rings. The molecule has 2 aromatic carbocycles. The summed E-state index contributed by atoms with van der Waals surface area (Å²) in [6.45, 7) is 5.61. The van der Waals surface area contributed by atoms with E-state index in [1.54, 1.807) is 0 Å². The Morgan fingerprint density at radius 2 is 1.57 bits per heavy atom. The fraction of sp³-hybridized carbons (Fsp3) is 0.440. The number of carboxylic acid groups (broad SMARTS) is 1. The quantitative estimate of drug-likeness (QED) is 0.544. The first kappa shape index (κ1) is 23.6. The van der Waals surface area contributed by atoms with Crippen molar-refractivity contribution in [1.29, 1.82) is 0 Å². The second kappa shape index (κ2) is 10.9. The number of carbonyl (C=O) groups excluding carboxylic acids is 1. The van der Waals surface area contributed by atoms with Crippen molar-refractivity contribution in [2.24, 2.45) is 11.3 Å². The summed E-state index contributed by atoms with van der Waals surface area (Å²) in [6, 6.07) is 18.1. The van der Waals surface area contributed by atoms with Gasteiger partial charge in [0, 0.05) is 5.92 Å². The van der Waals surface area contributed by atoms with Gasteiger partial charge in [-0.2, -0.15) is 0 Å². The third kappa shape index (κ3) is 7.30. The highest BCUT2D eigenvalue weighted by Gasteiger charge is 2.29. The third-order valence-corrected chi connectivity index (χ3v) is 5.42. The number of amides is 1. The largest absolute Gasteiger partial charge is 0.481 e. The lowest BCUT2D eigenvalue weighted by atomic mass is 9.86. The summed E-state index contributed by atoms with van der Waals surface area (Å²) < 4.78 is 0. The van der Waals surface area contributed by atoms with Gasteiger partial charge in [0.1, 0.15) is 0 Å². The van der Waals surface area contributed by atoms with Gasteiger partial charge in [0.25, 0.3) is 0 Å². The molecular weight excluding hydrogens is 378 g/mol. The molecule has 162 valence electrons. The molecule has 30 heavy (non-hydrogen) atoms. The molecule has 0 saturated carbocycles. The van der Waals surface area contributed by atoms with Gasteiger partial charge in [0.05, 0.1) is 19.1 Å². The fourth-order valence-corrected chi connectivity index (χ4v) is 3.41. The first-order chi connectivity index (χ1) is 14.2. The first-order valence-electron chi connectivity index (χ1n) is 10.5. The van der Waals surface area contributed by atoms with E-state index < -0.39 is 17.9 Å². The lowest BCUT2D eigenvalue weighted by Gasteiger charge is -2.31. The molecule has 3 N–H and O–H groups in total. The van der Waals surface area contributed by atoms with E-state index in [0.717, 1.165) is 24.0 Å². The van der Waals surface area contributed by atoms with Crippen LogP contribution in [-0.4, -0.2) is 34.7 Å². The van der Waals surface area contributed by atoms with Crippen LogP contribution in [0.5, 0.6) is 0 Å². The molecule has 0 heterocycles. The van der Waals surface area contributed by atoms with Gasteiger partial charge < -0.3 is 15.5 Å². The normalized spacial score (nSPS) is 13.5. The predicted octanol–water partition coefficient (Wildman–Crippen LogP) is 4.29. The molecule has 2 rings (SSSR count). The van der Waals surface area contributed by atoms with Crippen LogP contribution in [0.15, 0.2) is 54.6 Å². The summed E-state index contributed by atoms with van der Waals surface area (Å²) in [5.41, 5.74) is 3.17. The van der Waals surface area contributed by atoms with Crippen molar-refractivity contribution in [3.05, 3.63) is 60.2 Å². The molecule has 1 unspecified atom stereocenters. The SMILES string of the molecule is CC(C)(C)[C@H](CO)NC(=O)C(CCCc1ccc(-c2ccccc2)cc1)CC(=O)O. The van der Waals surface area contributed by atoms with Crippen molar-refractivity contribution in [2.45, 2.75) is 52.5 Å².